The highest BCUT2D eigenvalue weighted by atomic mass is 16.6. The number of nitrogens with zero attached hydrogens (tertiary/aromatic N) is 1. The predicted molar refractivity (Wildman–Crippen MR) is 89.8 cm³/mol. The average molecular weight is 330 g/mol. The van der Waals surface area contributed by atoms with E-state index in [0.29, 0.717) is 29.4 Å². The Morgan fingerprint density at radius 2 is 2.00 bits per heavy atom. The minimum atomic E-state index is -0.515. The SMILES string of the molecule is CCCOc1ccc(C(=O)Nc2cccc([N+](=O)[O-])c2)cc1OC. The second-order valence-corrected chi connectivity index (χ2v) is 4.98. The third-order valence-electron chi connectivity index (χ3n) is 3.20. The van der Waals surface area contributed by atoms with E-state index in [1.807, 2.05) is 6.92 Å². The number of hydrogen-bond donors (Lipinski definition) is 1. The van der Waals surface area contributed by atoms with Crippen LogP contribution in [0.25, 0.3) is 0 Å². The lowest BCUT2D eigenvalue weighted by Crippen LogP contribution is -2.12. The van der Waals surface area contributed by atoms with Crippen molar-refractivity contribution in [3.8, 4) is 11.5 Å². The maximum Gasteiger partial charge on any atom is 0.271 e. The lowest BCUT2D eigenvalue weighted by Gasteiger charge is -2.12. The molecule has 7 nitrogen and oxygen atoms in total. The van der Waals surface area contributed by atoms with Gasteiger partial charge in [-0.1, -0.05) is 13.0 Å². The molecule has 0 saturated heterocycles. The highest BCUT2D eigenvalue weighted by Gasteiger charge is 2.13. The summed E-state index contributed by atoms with van der Waals surface area (Å²) in [5.74, 6) is 0.622. The molecule has 0 aromatic heterocycles. The summed E-state index contributed by atoms with van der Waals surface area (Å²) in [6, 6.07) is 10.6. The zero-order valence-electron chi connectivity index (χ0n) is 13.4. The van der Waals surface area contributed by atoms with E-state index in [-0.39, 0.29) is 5.69 Å². The van der Waals surface area contributed by atoms with Crippen LogP contribution in [0.5, 0.6) is 11.5 Å². The number of nitro groups is 1. The van der Waals surface area contributed by atoms with Gasteiger partial charge < -0.3 is 14.8 Å². The van der Waals surface area contributed by atoms with E-state index in [1.165, 1.54) is 25.3 Å². The number of benzene rings is 2. The zero-order chi connectivity index (χ0) is 17.5. The molecule has 126 valence electrons. The van der Waals surface area contributed by atoms with E-state index in [1.54, 1.807) is 24.3 Å². The molecular formula is C17H18N2O5. The third-order valence-corrected chi connectivity index (χ3v) is 3.20. The van der Waals surface area contributed by atoms with Gasteiger partial charge in [0.2, 0.25) is 0 Å². The van der Waals surface area contributed by atoms with Crippen LogP contribution < -0.4 is 14.8 Å². The number of nitro benzene ring substituents is 1. The summed E-state index contributed by atoms with van der Waals surface area (Å²) < 4.78 is 10.8. The van der Waals surface area contributed by atoms with Gasteiger partial charge in [0.05, 0.1) is 18.6 Å². The van der Waals surface area contributed by atoms with E-state index in [0.717, 1.165) is 6.42 Å². The standard InChI is InChI=1S/C17H18N2O5/c1-3-9-24-15-8-7-12(10-16(15)23-2)17(20)18-13-5-4-6-14(11-13)19(21)22/h4-8,10-11H,3,9H2,1-2H3,(H,18,20). The summed E-state index contributed by atoms with van der Waals surface area (Å²) >= 11 is 0. The molecule has 0 fully saturated rings. The molecule has 0 aliphatic rings. The molecule has 0 aliphatic heterocycles. The summed E-state index contributed by atoms with van der Waals surface area (Å²) in [5, 5.41) is 13.4. The Hall–Kier alpha value is -3.09. The van der Waals surface area contributed by atoms with Crippen molar-refractivity contribution in [3.63, 3.8) is 0 Å². The molecule has 7 heteroatoms. The molecule has 24 heavy (non-hydrogen) atoms. The predicted octanol–water partition coefficient (Wildman–Crippen LogP) is 3.64. The monoisotopic (exact) mass is 330 g/mol. The Kier molecular flexibility index (Phi) is 5.73. The lowest BCUT2D eigenvalue weighted by atomic mass is 10.1. The van der Waals surface area contributed by atoms with Crippen LogP contribution in [0.1, 0.15) is 23.7 Å². The minimum Gasteiger partial charge on any atom is -0.493 e. The highest BCUT2D eigenvalue weighted by Crippen LogP contribution is 2.28. The second-order valence-electron chi connectivity index (χ2n) is 4.98. The van der Waals surface area contributed by atoms with Crippen molar-refractivity contribution >= 4 is 17.3 Å². The van der Waals surface area contributed by atoms with Crippen molar-refractivity contribution in [3.05, 3.63) is 58.1 Å². The van der Waals surface area contributed by atoms with Gasteiger partial charge in [-0.25, -0.2) is 0 Å². The van der Waals surface area contributed by atoms with Gasteiger partial charge in [-0.2, -0.15) is 0 Å². The van der Waals surface area contributed by atoms with Crippen molar-refractivity contribution in [2.45, 2.75) is 13.3 Å². The molecule has 2 aromatic carbocycles. The Morgan fingerprint density at radius 1 is 1.21 bits per heavy atom. The number of nitrogens with one attached hydrogen (secondary N) is 1. The lowest BCUT2D eigenvalue weighted by molar-refractivity contribution is -0.384. The van der Waals surface area contributed by atoms with Crippen LogP contribution in [0.4, 0.5) is 11.4 Å². The van der Waals surface area contributed by atoms with Crippen molar-refractivity contribution in [2.75, 3.05) is 19.0 Å². The topological polar surface area (TPSA) is 90.7 Å². The van der Waals surface area contributed by atoms with Crippen molar-refractivity contribution in [1.82, 2.24) is 0 Å². The molecule has 0 saturated carbocycles. The number of hydrogen-bond acceptors (Lipinski definition) is 5. The maximum atomic E-state index is 12.3. The fourth-order valence-corrected chi connectivity index (χ4v) is 2.04. The van der Waals surface area contributed by atoms with Crippen molar-refractivity contribution < 1.29 is 19.2 Å². The first-order chi connectivity index (χ1) is 11.5. The van der Waals surface area contributed by atoms with Crippen LogP contribution in [-0.4, -0.2) is 24.5 Å². The van der Waals surface area contributed by atoms with Gasteiger partial charge in [-0.3, -0.25) is 14.9 Å². The summed E-state index contributed by atoms with van der Waals surface area (Å²) in [6.45, 7) is 2.54. The molecule has 0 radical (unpaired) electrons. The first-order valence-corrected chi connectivity index (χ1v) is 7.41. The number of anilines is 1. The molecule has 2 aromatic rings. The van der Waals surface area contributed by atoms with Gasteiger partial charge in [-0.15, -0.1) is 0 Å². The van der Waals surface area contributed by atoms with Gasteiger partial charge in [-0.05, 0) is 30.7 Å². The number of ether oxygens (including phenoxy) is 2. The summed E-state index contributed by atoms with van der Waals surface area (Å²) in [4.78, 5) is 22.6. The molecule has 0 spiro atoms. The molecule has 1 N–H and O–H groups in total. The Bertz CT molecular complexity index is 746. The van der Waals surface area contributed by atoms with Gasteiger partial charge in [0.25, 0.3) is 11.6 Å². The molecule has 0 aliphatic carbocycles. The Labute approximate surface area is 139 Å². The highest BCUT2D eigenvalue weighted by molar-refractivity contribution is 6.04. The van der Waals surface area contributed by atoms with E-state index in [4.69, 9.17) is 9.47 Å². The zero-order valence-corrected chi connectivity index (χ0v) is 13.4. The quantitative estimate of drug-likeness (QED) is 0.618. The number of carbonyl (C=O) groups is 1. The van der Waals surface area contributed by atoms with Crippen molar-refractivity contribution in [2.24, 2.45) is 0 Å². The maximum absolute atomic E-state index is 12.3. The summed E-state index contributed by atoms with van der Waals surface area (Å²) in [6.07, 6.45) is 0.859. The van der Waals surface area contributed by atoms with E-state index in [2.05, 4.69) is 5.32 Å². The molecule has 0 unspecified atom stereocenters. The number of carbonyl (C=O) groups excluding carboxylic acids is 1. The molecular weight excluding hydrogens is 312 g/mol. The van der Waals surface area contributed by atoms with Gasteiger partial charge in [0.1, 0.15) is 0 Å². The fourth-order valence-electron chi connectivity index (χ4n) is 2.04. The molecule has 0 atom stereocenters. The van der Waals surface area contributed by atoms with E-state index < -0.39 is 10.8 Å². The van der Waals surface area contributed by atoms with Crippen LogP contribution in [0, 0.1) is 10.1 Å². The average Bonchev–Trinajstić information content (AvgIpc) is 2.59. The largest absolute Gasteiger partial charge is 0.493 e. The first-order valence-electron chi connectivity index (χ1n) is 7.41. The fraction of sp³-hybridized carbons (Fsp3) is 0.235. The van der Waals surface area contributed by atoms with Crippen LogP contribution in [0.2, 0.25) is 0 Å². The number of non-ortho nitro benzene ring substituents is 1. The number of rotatable bonds is 7. The van der Waals surface area contributed by atoms with Crippen LogP contribution >= 0.6 is 0 Å². The normalized spacial score (nSPS) is 10.1. The van der Waals surface area contributed by atoms with E-state index in [9.17, 15) is 14.9 Å². The van der Waals surface area contributed by atoms with Crippen LogP contribution in [0.3, 0.4) is 0 Å². The summed E-state index contributed by atoms with van der Waals surface area (Å²) in [5.41, 5.74) is 0.621. The Morgan fingerprint density at radius 3 is 2.67 bits per heavy atom. The number of methoxy groups -OCH3 is 1. The van der Waals surface area contributed by atoms with E-state index >= 15 is 0 Å². The third kappa shape index (κ3) is 4.22. The van der Waals surface area contributed by atoms with Gasteiger partial charge >= 0.3 is 0 Å². The minimum absolute atomic E-state index is 0.0892. The molecule has 0 bridgehead atoms. The second kappa shape index (κ2) is 7.96. The Balaban J connectivity index is 2.17. The molecule has 2 rings (SSSR count). The summed E-state index contributed by atoms with van der Waals surface area (Å²) in [7, 11) is 1.50. The van der Waals surface area contributed by atoms with Crippen LogP contribution in [0.15, 0.2) is 42.5 Å². The van der Waals surface area contributed by atoms with Gasteiger partial charge in [0.15, 0.2) is 11.5 Å². The van der Waals surface area contributed by atoms with Gasteiger partial charge in [0, 0.05) is 23.4 Å². The smallest absolute Gasteiger partial charge is 0.271 e. The first kappa shape index (κ1) is 17.3. The van der Waals surface area contributed by atoms with Crippen LogP contribution in [-0.2, 0) is 0 Å². The molecule has 1 amide bonds. The molecule has 0 heterocycles. The van der Waals surface area contributed by atoms with Crippen molar-refractivity contribution in [1.29, 1.82) is 0 Å². The number of amides is 1.